The van der Waals surface area contributed by atoms with Gasteiger partial charge in [0.1, 0.15) is 0 Å². The molecule has 1 aromatic carbocycles. The van der Waals surface area contributed by atoms with Crippen LogP contribution in [0.3, 0.4) is 0 Å². The van der Waals surface area contributed by atoms with Gasteiger partial charge < -0.3 is 9.30 Å². The maximum atomic E-state index is 11.7. The van der Waals surface area contributed by atoms with Crippen molar-refractivity contribution in [2.75, 3.05) is 0 Å². The molecule has 0 spiro atoms. The van der Waals surface area contributed by atoms with E-state index in [4.69, 9.17) is 16.3 Å². The summed E-state index contributed by atoms with van der Waals surface area (Å²) in [5, 5.41) is 0.511. The van der Waals surface area contributed by atoms with Crippen LogP contribution < -0.4 is 10.3 Å². The molecule has 0 saturated heterocycles. The molecule has 0 fully saturated rings. The van der Waals surface area contributed by atoms with Crippen LogP contribution in [-0.4, -0.2) is 14.5 Å². The first kappa shape index (κ1) is 19.1. The molecule has 140 valence electrons. The van der Waals surface area contributed by atoms with Crippen LogP contribution in [-0.2, 0) is 13.5 Å². The van der Waals surface area contributed by atoms with Crippen molar-refractivity contribution in [2.45, 2.75) is 27.2 Å². The lowest BCUT2D eigenvalue weighted by atomic mass is 10.1. The average Bonchev–Trinajstić information content (AvgIpc) is 2.60. The maximum Gasteiger partial charge on any atom is 0.322 e. The van der Waals surface area contributed by atoms with Gasteiger partial charge in [-0.1, -0.05) is 37.6 Å². The minimum absolute atomic E-state index is 0.0709. The van der Waals surface area contributed by atoms with E-state index in [1.54, 1.807) is 25.4 Å². The lowest BCUT2D eigenvalue weighted by molar-refractivity contribution is 0.435. The number of hydrogen-bond acceptors (Lipinski definition) is 4. The lowest BCUT2D eigenvalue weighted by Gasteiger charge is -2.13. The SMILES string of the molecule is Cc1cccc(Cl)c1Oc1nc(CC(C)C)cc(-c2ccc(=O)n(C)c2)n1. The first-order chi connectivity index (χ1) is 12.8. The minimum Gasteiger partial charge on any atom is -0.422 e. The number of para-hydroxylation sites is 1. The number of rotatable bonds is 5. The zero-order valence-corrected chi connectivity index (χ0v) is 16.6. The van der Waals surface area contributed by atoms with Crippen LogP contribution in [0.2, 0.25) is 5.02 Å². The first-order valence-electron chi connectivity index (χ1n) is 8.81. The van der Waals surface area contributed by atoms with Crippen LogP contribution in [0, 0.1) is 12.8 Å². The highest BCUT2D eigenvalue weighted by Crippen LogP contribution is 2.32. The second kappa shape index (κ2) is 7.92. The molecule has 6 heteroatoms. The highest BCUT2D eigenvalue weighted by atomic mass is 35.5. The fourth-order valence-corrected chi connectivity index (χ4v) is 3.03. The van der Waals surface area contributed by atoms with Crippen LogP contribution in [0.25, 0.3) is 11.3 Å². The zero-order chi connectivity index (χ0) is 19.6. The van der Waals surface area contributed by atoms with Crippen LogP contribution in [0.5, 0.6) is 11.8 Å². The molecule has 0 bridgehead atoms. The normalized spacial score (nSPS) is 11.0. The van der Waals surface area contributed by atoms with Gasteiger partial charge in [0.15, 0.2) is 5.75 Å². The molecule has 3 rings (SSSR count). The number of benzene rings is 1. The van der Waals surface area contributed by atoms with Crippen molar-refractivity contribution >= 4 is 11.6 Å². The monoisotopic (exact) mass is 383 g/mol. The molecule has 2 aromatic heterocycles. The van der Waals surface area contributed by atoms with Gasteiger partial charge in [-0.05, 0) is 43.0 Å². The molecule has 0 aliphatic rings. The predicted molar refractivity (Wildman–Crippen MR) is 108 cm³/mol. The van der Waals surface area contributed by atoms with Crippen molar-refractivity contribution in [3.63, 3.8) is 0 Å². The van der Waals surface area contributed by atoms with Gasteiger partial charge in [-0.15, -0.1) is 0 Å². The summed E-state index contributed by atoms with van der Waals surface area (Å²) in [7, 11) is 1.71. The Bertz CT molecular complexity index is 1010. The molecule has 2 heterocycles. The average molecular weight is 384 g/mol. The van der Waals surface area contributed by atoms with Crippen molar-refractivity contribution in [3.05, 3.63) is 69.2 Å². The summed E-state index contributed by atoms with van der Waals surface area (Å²) in [6, 6.07) is 11.0. The number of nitrogens with zero attached hydrogens (tertiary/aromatic N) is 3. The molecular formula is C21H22ClN3O2. The molecule has 3 aromatic rings. The third-order valence-electron chi connectivity index (χ3n) is 4.11. The summed E-state index contributed by atoms with van der Waals surface area (Å²) in [6.45, 7) is 6.19. The van der Waals surface area contributed by atoms with Gasteiger partial charge in [0.25, 0.3) is 0 Å². The van der Waals surface area contributed by atoms with E-state index in [9.17, 15) is 4.79 Å². The summed E-state index contributed by atoms with van der Waals surface area (Å²) in [6.07, 6.45) is 2.55. The molecule has 0 N–H and O–H groups in total. The van der Waals surface area contributed by atoms with E-state index in [1.807, 2.05) is 25.1 Å². The standard InChI is InChI=1S/C21H22ClN3O2/c1-13(2)10-16-11-18(15-8-9-19(26)25(4)12-15)24-21(23-16)27-20-14(3)6-5-7-17(20)22/h5-9,11-13H,10H2,1-4H3. The predicted octanol–water partition coefficient (Wildman–Crippen LogP) is 4.79. The van der Waals surface area contributed by atoms with Crippen molar-refractivity contribution in [1.82, 2.24) is 14.5 Å². The summed E-state index contributed by atoms with van der Waals surface area (Å²) >= 11 is 6.28. The highest BCUT2D eigenvalue weighted by Gasteiger charge is 2.13. The Labute approximate surface area is 163 Å². The smallest absolute Gasteiger partial charge is 0.322 e. The van der Waals surface area contributed by atoms with E-state index in [-0.39, 0.29) is 11.6 Å². The fourth-order valence-electron chi connectivity index (χ4n) is 2.77. The fraction of sp³-hybridized carbons (Fsp3) is 0.286. The van der Waals surface area contributed by atoms with Crippen molar-refractivity contribution in [3.8, 4) is 23.0 Å². The Kier molecular flexibility index (Phi) is 5.61. The Balaban J connectivity index is 2.07. The van der Waals surface area contributed by atoms with E-state index in [2.05, 4.69) is 23.8 Å². The number of aryl methyl sites for hydroxylation is 2. The van der Waals surface area contributed by atoms with Crippen LogP contribution in [0.15, 0.2) is 47.4 Å². The summed E-state index contributed by atoms with van der Waals surface area (Å²) < 4.78 is 7.48. The summed E-state index contributed by atoms with van der Waals surface area (Å²) in [4.78, 5) is 20.8. The van der Waals surface area contributed by atoms with E-state index in [1.165, 1.54) is 10.6 Å². The van der Waals surface area contributed by atoms with E-state index >= 15 is 0 Å². The number of hydrogen-bond donors (Lipinski definition) is 0. The molecule has 0 amide bonds. The van der Waals surface area contributed by atoms with Crippen LogP contribution >= 0.6 is 11.6 Å². The zero-order valence-electron chi connectivity index (χ0n) is 15.9. The molecule has 27 heavy (non-hydrogen) atoms. The number of aromatic nitrogens is 3. The molecule has 0 atom stereocenters. The topological polar surface area (TPSA) is 57.0 Å². The van der Waals surface area contributed by atoms with Gasteiger partial charge in [-0.3, -0.25) is 4.79 Å². The summed E-state index contributed by atoms with van der Waals surface area (Å²) in [5.74, 6) is 0.982. The minimum atomic E-state index is -0.0709. The van der Waals surface area contributed by atoms with E-state index in [0.29, 0.717) is 22.4 Å². The lowest BCUT2D eigenvalue weighted by Crippen LogP contribution is -2.14. The third kappa shape index (κ3) is 4.55. The molecule has 0 saturated carbocycles. The first-order valence-corrected chi connectivity index (χ1v) is 9.19. The third-order valence-corrected chi connectivity index (χ3v) is 4.41. The number of pyridine rings is 1. The van der Waals surface area contributed by atoms with Gasteiger partial charge in [0.05, 0.1) is 10.7 Å². The second-order valence-corrected chi connectivity index (χ2v) is 7.39. The van der Waals surface area contributed by atoms with E-state index < -0.39 is 0 Å². The second-order valence-electron chi connectivity index (χ2n) is 6.98. The van der Waals surface area contributed by atoms with Crippen molar-refractivity contribution in [2.24, 2.45) is 13.0 Å². The number of ether oxygens (including phenoxy) is 1. The Morgan fingerprint density at radius 3 is 2.63 bits per heavy atom. The quantitative estimate of drug-likeness (QED) is 0.635. The van der Waals surface area contributed by atoms with Gasteiger partial charge in [0.2, 0.25) is 5.56 Å². The highest BCUT2D eigenvalue weighted by molar-refractivity contribution is 6.32. The van der Waals surface area contributed by atoms with Gasteiger partial charge in [0, 0.05) is 30.6 Å². The largest absolute Gasteiger partial charge is 0.422 e. The number of halogens is 1. The van der Waals surface area contributed by atoms with Crippen molar-refractivity contribution < 1.29 is 4.74 Å². The van der Waals surface area contributed by atoms with Crippen LogP contribution in [0.1, 0.15) is 25.1 Å². The Morgan fingerprint density at radius 1 is 1.19 bits per heavy atom. The van der Waals surface area contributed by atoms with Gasteiger partial charge in [-0.25, -0.2) is 0 Å². The molecule has 5 nitrogen and oxygen atoms in total. The molecule has 0 unspecified atom stereocenters. The summed E-state index contributed by atoms with van der Waals surface area (Å²) in [5.41, 5.74) is 3.24. The molecule has 0 aliphatic carbocycles. The van der Waals surface area contributed by atoms with Gasteiger partial charge in [-0.2, -0.15) is 9.97 Å². The molecular weight excluding hydrogens is 362 g/mol. The Morgan fingerprint density at radius 2 is 1.96 bits per heavy atom. The van der Waals surface area contributed by atoms with Crippen molar-refractivity contribution in [1.29, 1.82) is 0 Å². The maximum absolute atomic E-state index is 11.7. The van der Waals surface area contributed by atoms with Gasteiger partial charge >= 0.3 is 6.01 Å². The van der Waals surface area contributed by atoms with E-state index in [0.717, 1.165) is 23.2 Å². The molecule has 0 radical (unpaired) electrons. The molecule has 0 aliphatic heterocycles. The Hall–Kier alpha value is -2.66. The van der Waals surface area contributed by atoms with Crippen LogP contribution in [0.4, 0.5) is 0 Å².